The Morgan fingerprint density at radius 1 is 0.946 bits per heavy atom. The molecule has 0 bridgehead atoms. The number of rotatable bonds is 9. The van der Waals surface area contributed by atoms with Gasteiger partial charge in [-0.3, -0.25) is 14.7 Å². The minimum atomic E-state index is -4.45. The average molecular weight is 549 g/mol. The number of nitrogens with zero attached hydrogens (tertiary/aromatic N) is 3. The lowest BCUT2D eigenvalue weighted by atomic mass is 10.1. The zero-order chi connectivity index (χ0) is 26.4. The van der Waals surface area contributed by atoms with Crippen molar-refractivity contribution in [1.82, 2.24) is 20.2 Å². The topological polar surface area (TPSA) is 71.3 Å². The third-order valence-corrected chi connectivity index (χ3v) is 6.11. The highest BCUT2D eigenvalue weighted by Crippen LogP contribution is 2.30. The first kappa shape index (κ1) is 26.7. The molecule has 2 aromatic carbocycles. The lowest BCUT2D eigenvalue weighted by Gasteiger charge is -2.22. The maximum absolute atomic E-state index is 13.2. The number of aromatic nitrogens is 2. The van der Waals surface area contributed by atoms with E-state index in [4.69, 9.17) is 27.6 Å². The Balaban J connectivity index is 1.50. The summed E-state index contributed by atoms with van der Waals surface area (Å²) < 4.78 is 45.2. The van der Waals surface area contributed by atoms with E-state index >= 15 is 0 Å². The smallest absolute Gasteiger partial charge is 0.416 e. The molecule has 0 aliphatic rings. The standard InChI is InChI=1S/C26H21Cl2F3N4O2/c27-21-7-6-18(10-22(21)28)14-35(13-17-3-1-5-20(9-17)26(29,30)31)15-24-34-23(16-37-24)25(36)33-12-19-4-2-8-32-11-19/h1-11,16H,12-15H2,(H,33,36). The molecule has 1 N–H and O–H groups in total. The first-order valence-corrected chi connectivity index (χ1v) is 11.9. The molecule has 37 heavy (non-hydrogen) atoms. The minimum absolute atomic E-state index is 0.0902. The lowest BCUT2D eigenvalue weighted by Crippen LogP contribution is -2.24. The van der Waals surface area contributed by atoms with Gasteiger partial charge in [-0.05, 0) is 41.0 Å². The zero-order valence-electron chi connectivity index (χ0n) is 19.3. The summed E-state index contributed by atoms with van der Waals surface area (Å²) in [6.45, 7) is 0.882. The molecule has 11 heteroatoms. The van der Waals surface area contributed by atoms with Crippen molar-refractivity contribution in [2.24, 2.45) is 0 Å². The molecule has 0 atom stereocenters. The summed E-state index contributed by atoms with van der Waals surface area (Å²) in [6.07, 6.45) is 0.0717. The van der Waals surface area contributed by atoms with E-state index in [2.05, 4.69) is 15.3 Å². The second-order valence-corrected chi connectivity index (χ2v) is 9.08. The maximum atomic E-state index is 13.2. The molecule has 0 spiro atoms. The number of amides is 1. The zero-order valence-corrected chi connectivity index (χ0v) is 20.8. The highest BCUT2D eigenvalue weighted by Gasteiger charge is 2.30. The van der Waals surface area contributed by atoms with Crippen LogP contribution in [0, 0.1) is 0 Å². The van der Waals surface area contributed by atoms with Crippen molar-refractivity contribution in [2.75, 3.05) is 0 Å². The number of nitrogens with one attached hydrogen (secondary N) is 1. The van der Waals surface area contributed by atoms with Gasteiger partial charge in [0.05, 0.1) is 22.2 Å². The van der Waals surface area contributed by atoms with Gasteiger partial charge in [0.25, 0.3) is 5.91 Å². The van der Waals surface area contributed by atoms with Crippen molar-refractivity contribution in [1.29, 1.82) is 0 Å². The van der Waals surface area contributed by atoms with Crippen LogP contribution in [-0.2, 0) is 32.4 Å². The summed E-state index contributed by atoms with van der Waals surface area (Å²) in [5.41, 5.74) is 1.43. The summed E-state index contributed by atoms with van der Waals surface area (Å²) in [6, 6.07) is 13.8. The van der Waals surface area contributed by atoms with Crippen LogP contribution in [0.2, 0.25) is 10.0 Å². The Kier molecular flexibility index (Phi) is 8.48. The molecular weight excluding hydrogens is 528 g/mol. The van der Waals surface area contributed by atoms with Crippen LogP contribution in [0.3, 0.4) is 0 Å². The Labute approximate surface area is 221 Å². The summed E-state index contributed by atoms with van der Waals surface area (Å²) in [4.78, 5) is 22.6. The van der Waals surface area contributed by atoms with Gasteiger partial charge in [0, 0.05) is 32.0 Å². The Morgan fingerprint density at radius 3 is 2.41 bits per heavy atom. The van der Waals surface area contributed by atoms with Crippen LogP contribution in [0.5, 0.6) is 0 Å². The number of carbonyl (C=O) groups excluding carboxylic acids is 1. The van der Waals surface area contributed by atoms with E-state index in [1.54, 1.807) is 42.7 Å². The van der Waals surface area contributed by atoms with E-state index in [1.807, 2.05) is 11.0 Å². The number of carbonyl (C=O) groups is 1. The maximum Gasteiger partial charge on any atom is 0.416 e. The summed E-state index contributed by atoms with van der Waals surface area (Å²) >= 11 is 12.2. The molecule has 1 amide bonds. The molecule has 0 saturated heterocycles. The monoisotopic (exact) mass is 548 g/mol. The largest absolute Gasteiger partial charge is 0.447 e. The second kappa shape index (κ2) is 11.8. The molecule has 192 valence electrons. The quantitative estimate of drug-likeness (QED) is 0.257. The van der Waals surface area contributed by atoms with E-state index in [0.717, 1.165) is 23.3 Å². The minimum Gasteiger partial charge on any atom is -0.447 e. The van der Waals surface area contributed by atoms with E-state index in [0.29, 0.717) is 22.2 Å². The first-order valence-electron chi connectivity index (χ1n) is 11.1. The van der Waals surface area contributed by atoms with Gasteiger partial charge in [0.15, 0.2) is 5.69 Å². The van der Waals surface area contributed by atoms with Gasteiger partial charge in [-0.25, -0.2) is 4.98 Å². The molecule has 2 heterocycles. The van der Waals surface area contributed by atoms with Gasteiger partial charge in [0.1, 0.15) is 6.26 Å². The van der Waals surface area contributed by atoms with Crippen LogP contribution < -0.4 is 5.32 Å². The Morgan fingerprint density at radius 2 is 1.70 bits per heavy atom. The molecule has 0 aliphatic carbocycles. The van der Waals surface area contributed by atoms with Gasteiger partial charge in [-0.1, -0.05) is 53.5 Å². The fourth-order valence-electron chi connectivity index (χ4n) is 3.62. The SMILES string of the molecule is O=C(NCc1cccnc1)c1coc(CN(Cc2cccc(C(F)(F)F)c2)Cc2ccc(Cl)c(Cl)c2)n1. The van der Waals surface area contributed by atoms with Crippen molar-refractivity contribution in [2.45, 2.75) is 32.4 Å². The van der Waals surface area contributed by atoms with Gasteiger partial charge in [0.2, 0.25) is 5.89 Å². The predicted molar refractivity (Wildman–Crippen MR) is 133 cm³/mol. The third kappa shape index (κ3) is 7.55. The first-order chi connectivity index (χ1) is 17.7. The van der Waals surface area contributed by atoms with Crippen molar-refractivity contribution >= 4 is 29.1 Å². The van der Waals surface area contributed by atoms with Crippen molar-refractivity contribution < 1.29 is 22.4 Å². The molecule has 2 aromatic heterocycles. The van der Waals surface area contributed by atoms with Gasteiger partial charge >= 0.3 is 6.18 Å². The van der Waals surface area contributed by atoms with Crippen LogP contribution in [0.1, 0.15) is 38.6 Å². The molecule has 0 aliphatic heterocycles. The number of hydrogen-bond acceptors (Lipinski definition) is 5. The normalized spacial score (nSPS) is 11.6. The van der Waals surface area contributed by atoms with Crippen LogP contribution in [0.25, 0.3) is 0 Å². The number of benzene rings is 2. The van der Waals surface area contributed by atoms with Crippen LogP contribution in [0.4, 0.5) is 13.2 Å². The van der Waals surface area contributed by atoms with E-state index in [-0.39, 0.29) is 31.2 Å². The van der Waals surface area contributed by atoms with Crippen molar-refractivity contribution in [3.8, 4) is 0 Å². The lowest BCUT2D eigenvalue weighted by molar-refractivity contribution is -0.137. The predicted octanol–water partition coefficient (Wildman–Crippen LogP) is 6.53. The molecule has 6 nitrogen and oxygen atoms in total. The molecule has 4 aromatic rings. The average Bonchev–Trinajstić information content (AvgIpc) is 3.33. The number of pyridine rings is 1. The van der Waals surface area contributed by atoms with Crippen molar-refractivity contribution in [3.05, 3.63) is 117 Å². The molecule has 0 unspecified atom stereocenters. The van der Waals surface area contributed by atoms with E-state index in [1.165, 1.54) is 12.3 Å². The van der Waals surface area contributed by atoms with Crippen LogP contribution in [-0.4, -0.2) is 20.8 Å². The summed E-state index contributed by atoms with van der Waals surface area (Å²) in [7, 11) is 0. The number of halogens is 5. The summed E-state index contributed by atoms with van der Waals surface area (Å²) in [5.74, 6) is -0.189. The van der Waals surface area contributed by atoms with Gasteiger partial charge in [-0.15, -0.1) is 0 Å². The van der Waals surface area contributed by atoms with Gasteiger partial charge in [-0.2, -0.15) is 13.2 Å². The Bertz CT molecular complexity index is 1360. The fourth-order valence-corrected chi connectivity index (χ4v) is 3.94. The van der Waals surface area contributed by atoms with Crippen LogP contribution >= 0.6 is 23.2 Å². The fraction of sp³-hybridized carbons (Fsp3) is 0.192. The second-order valence-electron chi connectivity index (χ2n) is 8.26. The number of hydrogen-bond donors (Lipinski definition) is 1. The molecular formula is C26H21Cl2F3N4O2. The third-order valence-electron chi connectivity index (χ3n) is 5.37. The number of alkyl halides is 3. The highest BCUT2D eigenvalue weighted by atomic mass is 35.5. The van der Waals surface area contributed by atoms with Crippen LogP contribution in [0.15, 0.2) is 77.7 Å². The van der Waals surface area contributed by atoms with E-state index < -0.39 is 17.6 Å². The highest BCUT2D eigenvalue weighted by molar-refractivity contribution is 6.42. The summed E-state index contributed by atoms with van der Waals surface area (Å²) in [5, 5.41) is 3.50. The molecule has 0 fully saturated rings. The molecule has 0 radical (unpaired) electrons. The van der Waals surface area contributed by atoms with Gasteiger partial charge < -0.3 is 9.73 Å². The van der Waals surface area contributed by atoms with Crippen molar-refractivity contribution in [3.63, 3.8) is 0 Å². The Hall–Kier alpha value is -3.40. The van der Waals surface area contributed by atoms with E-state index in [9.17, 15) is 18.0 Å². The number of oxazole rings is 1. The molecule has 4 rings (SSSR count). The molecule has 0 saturated carbocycles.